The first-order valence-corrected chi connectivity index (χ1v) is 8.30. The van der Waals surface area contributed by atoms with E-state index in [9.17, 15) is 4.79 Å². The van der Waals surface area contributed by atoms with Gasteiger partial charge in [-0.25, -0.2) is 0 Å². The topological polar surface area (TPSA) is 26.3 Å². The molecule has 1 rings (SSSR count). The number of benzene rings is 1. The molecule has 3 atom stereocenters. The Labute approximate surface area is 129 Å². The SMILES string of the molecule is CC[C@H](C)C[C@@H](CCC=O)[C@@H](CC)OCc1ccccc1. The van der Waals surface area contributed by atoms with Crippen LogP contribution in [0.5, 0.6) is 0 Å². The normalized spacial score (nSPS) is 15.4. The van der Waals surface area contributed by atoms with Gasteiger partial charge in [-0.05, 0) is 36.7 Å². The Balaban J connectivity index is 2.59. The predicted octanol–water partition coefficient (Wildman–Crippen LogP) is 5.01. The molecule has 1 aromatic rings. The number of carbonyl (C=O) groups is 1. The van der Waals surface area contributed by atoms with Gasteiger partial charge in [0.05, 0.1) is 12.7 Å². The van der Waals surface area contributed by atoms with Crippen LogP contribution in [0.3, 0.4) is 0 Å². The van der Waals surface area contributed by atoms with Crippen LogP contribution < -0.4 is 0 Å². The van der Waals surface area contributed by atoms with E-state index in [1.54, 1.807) is 0 Å². The Kier molecular flexibility index (Phi) is 9.00. The smallest absolute Gasteiger partial charge is 0.120 e. The number of rotatable bonds is 11. The Morgan fingerprint density at radius 3 is 2.43 bits per heavy atom. The minimum Gasteiger partial charge on any atom is -0.373 e. The van der Waals surface area contributed by atoms with E-state index in [4.69, 9.17) is 4.74 Å². The third-order valence-corrected chi connectivity index (χ3v) is 4.29. The van der Waals surface area contributed by atoms with Crippen LogP contribution in [0.4, 0.5) is 0 Å². The molecule has 0 radical (unpaired) electrons. The fraction of sp³-hybridized carbons (Fsp3) is 0.632. The van der Waals surface area contributed by atoms with Crippen LogP contribution in [0, 0.1) is 11.8 Å². The highest BCUT2D eigenvalue weighted by molar-refractivity contribution is 5.49. The molecule has 118 valence electrons. The van der Waals surface area contributed by atoms with Gasteiger partial charge in [-0.2, -0.15) is 0 Å². The molecule has 21 heavy (non-hydrogen) atoms. The van der Waals surface area contributed by atoms with Crippen LogP contribution in [0.2, 0.25) is 0 Å². The Hall–Kier alpha value is -1.15. The van der Waals surface area contributed by atoms with E-state index in [0.29, 0.717) is 24.9 Å². The monoisotopic (exact) mass is 290 g/mol. The number of aldehydes is 1. The van der Waals surface area contributed by atoms with Gasteiger partial charge in [-0.1, -0.05) is 57.5 Å². The summed E-state index contributed by atoms with van der Waals surface area (Å²) in [4.78, 5) is 10.7. The summed E-state index contributed by atoms with van der Waals surface area (Å²) in [6.07, 6.45) is 6.22. The molecular formula is C19H30O2. The van der Waals surface area contributed by atoms with Gasteiger partial charge in [0.1, 0.15) is 6.29 Å². The summed E-state index contributed by atoms with van der Waals surface area (Å²) in [5.41, 5.74) is 1.22. The summed E-state index contributed by atoms with van der Waals surface area (Å²) >= 11 is 0. The summed E-state index contributed by atoms with van der Waals surface area (Å²) in [5, 5.41) is 0. The molecule has 0 spiro atoms. The maximum absolute atomic E-state index is 10.7. The van der Waals surface area contributed by atoms with Gasteiger partial charge in [-0.3, -0.25) is 0 Å². The molecule has 0 aromatic heterocycles. The van der Waals surface area contributed by atoms with Crippen molar-refractivity contribution in [2.75, 3.05) is 0 Å². The van der Waals surface area contributed by atoms with Gasteiger partial charge in [0, 0.05) is 6.42 Å². The Bertz CT molecular complexity index is 374. The van der Waals surface area contributed by atoms with Crippen molar-refractivity contribution in [1.29, 1.82) is 0 Å². The first kappa shape index (κ1) is 17.9. The molecule has 0 amide bonds. The van der Waals surface area contributed by atoms with E-state index in [1.807, 2.05) is 18.2 Å². The zero-order valence-corrected chi connectivity index (χ0v) is 13.8. The lowest BCUT2D eigenvalue weighted by molar-refractivity contribution is -0.108. The number of carbonyl (C=O) groups excluding carboxylic acids is 1. The minimum atomic E-state index is 0.249. The van der Waals surface area contributed by atoms with Gasteiger partial charge >= 0.3 is 0 Å². The second-order valence-electron chi connectivity index (χ2n) is 6.00. The molecule has 2 heteroatoms. The van der Waals surface area contributed by atoms with E-state index in [-0.39, 0.29) is 6.10 Å². The van der Waals surface area contributed by atoms with E-state index >= 15 is 0 Å². The lowest BCUT2D eigenvalue weighted by atomic mass is 9.85. The summed E-state index contributed by atoms with van der Waals surface area (Å²) < 4.78 is 6.17. The third kappa shape index (κ3) is 6.90. The Morgan fingerprint density at radius 1 is 1.14 bits per heavy atom. The molecule has 0 bridgehead atoms. The molecule has 0 saturated carbocycles. The largest absolute Gasteiger partial charge is 0.373 e. The molecule has 0 unspecified atom stereocenters. The lowest BCUT2D eigenvalue weighted by Crippen LogP contribution is -2.25. The summed E-state index contributed by atoms with van der Waals surface area (Å²) in [5.74, 6) is 1.18. The number of hydrogen-bond acceptors (Lipinski definition) is 2. The van der Waals surface area contributed by atoms with E-state index < -0.39 is 0 Å². The van der Waals surface area contributed by atoms with Crippen molar-refractivity contribution < 1.29 is 9.53 Å². The molecule has 0 heterocycles. The third-order valence-electron chi connectivity index (χ3n) is 4.29. The van der Waals surface area contributed by atoms with Crippen LogP contribution in [0.1, 0.15) is 58.4 Å². The van der Waals surface area contributed by atoms with Crippen LogP contribution >= 0.6 is 0 Å². The predicted molar refractivity (Wildman–Crippen MR) is 88.2 cm³/mol. The zero-order chi connectivity index (χ0) is 15.5. The van der Waals surface area contributed by atoms with Crippen molar-refractivity contribution >= 4 is 6.29 Å². The molecule has 0 saturated heterocycles. The molecule has 0 aliphatic carbocycles. The maximum atomic E-state index is 10.7. The summed E-state index contributed by atoms with van der Waals surface area (Å²) in [7, 11) is 0. The Morgan fingerprint density at radius 2 is 1.86 bits per heavy atom. The number of ether oxygens (including phenoxy) is 1. The molecule has 0 aliphatic heterocycles. The van der Waals surface area contributed by atoms with E-state index in [0.717, 1.165) is 25.5 Å². The first-order valence-electron chi connectivity index (χ1n) is 8.30. The molecule has 0 aliphatic rings. The fourth-order valence-corrected chi connectivity index (χ4v) is 2.79. The van der Waals surface area contributed by atoms with Gasteiger partial charge in [0.15, 0.2) is 0 Å². The average Bonchev–Trinajstić information content (AvgIpc) is 2.53. The average molecular weight is 290 g/mol. The minimum absolute atomic E-state index is 0.249. The second kappa shape index (κ2) is 10.6. The van der Waals surface area contributed by atoms with Crippen LogP contribution in [-0.2, 0) is 16.1 Å². The lowest BCUT2D eigenvalue weighted by Gasteiger charge is -2.28. The maximum Gasteiger partial charge on any atom is 0.120 e. The van der Waals surface area contributed by atoms with Crippen LogP contribution in [0.25, 0.3) is 0 Å². The van der Waals surface area contributed by atoms with Crippen molar-refractivity contribution in [2.45, 2.75) is 65.6 Å². The van der Waals surface area contributed by atoms with Gasteiger partial charge in [-0.15, -0.1) is 0 Å². The van der Waals surface area contributed by atoms with Crippen LogP contribution in [-0.4, -0.2) is 12.4 Å². The second-order valence-corrected chi connectivity index (χ2v) is 6.00. The standard InChI is InChI=1S/C19H30O2/c1-4-16(3)14-18(12-9-13-20)19(5-2)21-15-17-10-7-6-8-11-17/h6-8,10-11,13,16,18-19H,4-5,9,12,14-15H2,1-3H3/t16-,18+,19+/m0/s1. The quantitative estimate of drug-likeness (QED) is 0.535. The van der Waals surface area contributed by atoms with Crippen LogP contribution in [0.15, 0.2) is 30.3 Å². The molecular weight excluding hydrogens is 260 g/mol. The molecule has 0 N–H and O–H groups in total. The summed E-state index contributed by atoms with van der Waals surface area (Å²) in [6, 6.07) is 10.3. The molecule has 1 aromatic carbocycles. The highest BCUT2D eigenvalue weighted by atomic mass is 16.5. The van der Waals surface area contributed by atoms with Gasteiger partial charge in [0.2, 0.25) is 0 Å². The van der Waals surface area contributed by atoms with Crippen molar-refractivity contribution in [3.8, 4) is 0 Å². The van der Waals surface area contributed by atoms with Crippen molar-refractivity contribution in [2.24, 2.45) is 11.8 Å². The highest BCUT2D eigenvalue weighted by Gasteiger charge is 2.22. The molecule has 0 fully saturated rings. The highest BCUT2D eigenvalue weighted by Crippen LogP contribution is 2.27. The van der Waals surface area contributed by atoms with Crippen molar-refractivity contribution in [3.63, 3.8) is 0 Å². The van der Waals surface area contributed by atoms with Gasteiger partial charge < -0.3 is 9.53 Å². The zero-order valence-electron chi connectivity index (χ0n) is 13.8. The van der Waals surface area contributed by atoms with E-state index in [2.05, 4.69) is 32.9 Å². The summed E-state index contributed by atoms with van der Waals surface area (Å²) in [6.45, 7) is 7.36. The molecule has 2 nitrogen and oxygen atoms in total. The number of hydrogen-bond donors (Lipinski definition) is 0. The fourth-order valence-electron chi connectivity index (χ4n) is 2.79. The van der Waals surface area contributed by atoms with Gasteiger partial charge in [0.25, 0.3) is 0 Å². The first-order chi connectivity index (χ1) is 10.2. The van der Waals surface area contributed by atoms with E-state index in [1.165, 1.54) is 12.0 Å². The van der Waals surface area contributed by atoms with Crippen molar-refractivity contribution in [3.05, 3.63) is 35.9 Å². The van der Waals surface area contributed by atoms with Crippen molar-refractivity contribution in [1.82, 2.24) is 0 Å².